The molecule has 2 saturated heterocycles. The molecule has 2 aliphatic rings. The van der Waals surface area contributed by atoms with Gasteiger partial charge in [-0.2, -0.15) is 0 Å². The summed E-state index contributed by atoms with van der Waals surface area (Å²) in [6.07, 6.45) is 4.01. The van der Waals surface area contributed by atoms with Gasteiger partial charge in [-0.1, -0.05) is 36.4 Å². The normalized spacial score (nSPS) is 23.3. The SMILES string of the molecule is C=CCOC(=O)N1CCC(N2C[C@H](C)N(C(C)=O)CC2Cc2ccc(Cl)cc2)CC1. The van der Waals surface area contributed by atoms with Crippen molar-refractivity contribution in [2.75, 3.05) is 32.8 Å². The van der Waals surface area contributed by atoms with E-state index in [-0.39, 0.29) is 30.7 Å². The van der Waals surface area contributed by atoms with Gasteiger partial charge in [-0.05, 0) is 43.9 Å². The first-order chi connectivity index (χ1) is 14.4. The molecule has 7 heteroatoms. The van der Waals surface area contributed by atoms with Crippen molar-refractivity contribution >= 4 is 23.6 Å². The van der Waals surface area contributed by atoms with E-state index in [9.17, 15) is 9.59 Å². The second kappa shape index (κ2) is 10.3. The number of halogens is 1. The van der Waals surface area contributed by atoms with Crippen LogP contribution >= 0.6 is 11.6 Å². The Hall–Kier alpha value is -2.05. The van der Waals surface area contributed by atoms with Gasteiger partial charge < -0.3 is 14.5 Å². The van der Waals surface area contributed by atoms with Crippen LogP contribution in [0.3, 0.4) is 0 Å². The monoisotopic (exact) mass is 433 g/mol. The van der Waals surface area contributed by atoms with E-state index in [1.807, 2.05) is 17.0 Å². The van der Waals surface area contributed by atoms with Crippen LogP contribution in [-0.2, 0) is 16.0 Å². The van der Waals surface area contributed by atoms with E-state index in [4.69, 9.17) is 16.3 Å². The van der Waals surface area contributed by atoms with Crippen LogP contribution in [0.4, 0.5) is 4.79 Å². The van der Waals surface area contributed by atoms with Crippen molar-refractivity contribution in [3.63, 3.8) is 0 Å². The Morgan fingerprint density at radius 2 is 1.87 bits per heavy atom. The third-order valence-electron chi connectivity index (χ3n) is 6.19. The summed E-state index contributed by atoms with van der Waals surface area (Å²) in [6.45, 7) is 10.6. The van der Waals surface area contributed by atoms with Crippen molar-refractivity contribution in [1.82, 2.24) is 14.7 Å². The van der Waals surface area contributed by atoms with Crippen LogP contribution < -0.4 is 0 Å². The molecule has 2 fully saturated rings. The first-order valence-corrected chi connectivity index (χ1v) is 11.1. The maximum absolute atomic E-state index is 12.2. The Labute approximate surface area is 184 Å². The molecule has 30 heavy (non-hydrogen) atoms. The highest BCUT2D eigenvalue weighted by atomic mass is 35.5. The standard InChI is InChI=1S/C23H32ClN3O3/c1-4-13-30-23(29)25-11-9-21(10-12-25)27-15-17(2)26(18(3)28)16-22(27)14-19-5-7-20(24)8-6-19/h4-8,17,21-22H,1,9-16H2,2-3H3/t17-,22?/m0/s1. The number of piperazine rings is 1. The Morgan fingerprint density at radius 3 is 2.47 bits per heavy atom. The minimum absolute atomic E-state index is 0.128. The molecule has 0 aliphatic carbocycles. The van der Waals surface area contributed by atoms with Crippen molar-refractivity contribution in [2.45, 2.75) is 51.2 Å². The summed E-state index contributed by atoms with van der Waals surface area (Å²) in [5, 5.41) is 0.731. The van der Waals surface area contributed by atoms with E-state index in [0.717, 1.165) is 37.4 Å². The number of hydrogen-bond acceptors (Lipinski definition) is 4. The van der Waals surface area contributed by atoms with Crippen LogP contribution in [0, 0.1) is 0 Å². The smallest absolute Gasteiger partial charge is 0.410 e. The summed E-state index contributed by atoms with van der Waals surface area (Å²) < 4.78 is 5.18. The van der Waals surface area contributed by atoms with Crippen LogP contribution in [0.1, 0.15) is 32.3 Å². The molecule has 3 rings (SSSR count). The van der Waals surface area contributed by atoms with Crippen LogP contribution in [0.15, 0.2) is 36.9 Å². The lowest BCUT2D eigenvalue weighted by atomic mass is 9.94. The predicted molar refractivity (Wildman–Crippen MR) is 119 cm³/mol. The van der Waals surface area contributed by atoms with Crippen molar-refractivity contribution in [2.24, 2.45) is 0 Å². The summed E-state index contributed by atoms with van der Waals surface area (Å²) in [7, 11) is 0. The van der Waals surface area contributed by atoms with E-state index in [2.05, 4.69) is 30.5 Å². The molecule has 0 saturated carbocycles. The van der Waals surface area contributed by atoms with Gasteiger partial charge in [0.15, 0.2) is 0 Å². The Balaban J connectivity index is 1.68. The second-order valence-electron chi connectivity index (χ2n) is 8.29. The average Bonchev–Trinajstić information content (AvgIpc) is 2.74. The van der Waals surface area contributed by atoms with Gasteiger partial charge in [-0.15, -0.1) is 0 Å². The molecule has 164 valence electrons. The number of piperidine rings is 1. The number of benzene rings is 1. The first-order valence-electron chi connectivity index (χ1n) is 10.7. The lowest BCUT2D eigenvalue weighted by Gasteiger charge is -2.50. The number of likely N-dealkylation sites (tertiary alicyclic amines) is 1. The average molecular weight is 434 g/mol. The zero-order valence-electron chi connectivity index (χ0n) is 17.9. The van der Waals surface area contributed by atoms with Gasteiger partial charge in [0.2, 0.25) is 5.91 Å². The summed E-state index contributed by atoms with van der Waals surface area (Å²) in [4.78, 5) is 30.6. The fourth-order valence-corrected chi connectivity index (χ4v) is 4.75. The molecule has 1 unspecified atom stereocenters. The molecule has 0 bridgehead atoms. The van der Waals surface area contributed by atoms with Gasteiger partial charge in [-0.3, -0.25) is 9.69 Å². The molecule has 0 aromatic heterocycles. The number of carbonyl (C=O) groups is 2. The van der Waals surface area contributed by atoms with E-state index in [0.29, 0.717) is 19.1 Å². The van der Waals surface area contributed by atoms with Crippen molar-refractivity contribution in [1.29, 1.82) is 0 Å². The molecule has 1 aromatic carbocycles. The molecule has 1 aromatic rings. The lowest BCUT2D eigenvalue weighted by molar-refractivity contribution is -0.136. The van der Waals surface area contributed by atoms with Gasteiger partial charge in [0.05, 0.1) is 0 Å². The zero-order chi connectivity index (χ0) is 21.7. The van der Waals surface area contributed by atoms with Gasteiger partial charge >= 0.3 is 6.09 Å². The molecular formula is C23H32ClN3O3. The quantitative estimate of drug-likeness (QED) is 0.666. The number of carbonyl (C=O) groups excluding carboxylic acids is 2. The van der Waals surface area contributed by atoms with E-state index >= 15 is 0 Å². The summed E-state index contributed by atoms with van der Waals surface area (Å²) in [6, 6.07) is 8.78. The largest absolute Gasteiger partial charge is 0.445 e. The molecule has 2 amide bonds. The van der Waals surface area contributed by atoms with Gasteiger partial charge in [-0.25, -0.2) is 4.79 Å². The Bertz CT molecular complexity index is 747. The maximum atomic E-state index is 12.2. The Kier molecular flexibility index (Phi) is 7.78. The minimum Gasteiger partial charge on any atom is -0.445 e. The molecule has 2 heterocycles. The van der Waals surface area contributed by atoms with Crippen LogP contribution in [0.25, 0.3) is 0 Å². The third-order valence-corrected chi connectivity index (χ3v) is 6.44. The fourth-order valence-electron chi connectivity index (χ4n) is 4.63. The number of rotatable bonds is 5. The molecule has 0 N–H and O–H groups in total. The predicted octanol–water partition coefficient (Wildman–Crippen LogP) is 3.59. The topological polar surface area (TPSA) is 53.1 Å². The molecule has 6 nitrogen and oxygen atoms in total. The highest BCUT2D eigenvalue weighted by molar-refractivity contribution is 6.30. The Morgan fingerprint density at radius 1 is 1.20 bits per heavy atom. The molecular weight excluding hydrogens is 402 g/mol. The second-order valence-corrected chi connectivity index (χ2v) is 8.72. The zero-order valence-corrected chi connectivity index (χ0v) is 18.7. The van der Waals surface area contributed by atoms with Crippen molar-refractivity contribution < 1.29 is 14.3 Å². The van der Waals surface area contributed by atoms with Crippen LogP contribution in [0.5, 0.6) is 0 Å². The van der Waals surface area contributed by atoms with E-state index in [1.165, 1.54) is 5.56 Å². The number of ether oxygens (including phenoxy) is 1. The van der Waals surface area contributed by atoms with Crippen molar-refractivity contribution in [3.8, 4) is 0 Å². The number of nitrogens with zero attached hydrogens (tertiary/aromatic N) is 3. The highest BCUT2D eigenvalue weighted by Gasteiger charge is 2.38. The molecule has 0 spiro atoms. The molecule has 2 atom stereocenters. The summed E-state index contributed by atoms with van der Waals surface area (Å²) in [5.41, 5.74) is 1.22. The van der Waals surface area contributed by atoms with Gasteiger partial charge in [0.1, 0.15) is 6.61 Å². The van der Waals surface area contributed by atoms with Crippen LogP contribution in [-0.4, -0.2) is 77.6 Å². The minimum atomic E-state index is -0.263. The number of hydrogen-bond donors (Lipinski definition) is 0. The maximum Gasteiger partial charge on any atom is 0.410 e. The molecule has 0 radical (unpaired) electrons. The van der Waals surface area contributed by atoms with E-state index in [1.54, 1.807) is 17.9 Å². The van der Waals surface area contributed by atoms with Crippen LogP contribution in [0.2, 0.25) is 5.02 Å². The van der Waals surface area contributed by atoms with Gasteiger partial charge in [0.25, 0.3) is 0 Å². The van der Waals surface area contributed by atoms with Gasteiger partial charge in [0, 0.05) is 56.3 Å². The number of amides is 2. The van der Waals surface area contributed by atoms with E-state index < -0.39 is 0 Å². The fraction of sp³-hybridized carbons (Fsp3) is 0.565. The highest BCUT2D eigenvalue weighted by Crippen LogP contribution is 2.27. The summed E-state index contributed by atoms with van der Waals surface area (Å²) >= 11 is 6.05. The lowest BCUT2D eigenvalue weighted by Crippen LogP contribution is -2.63. The van der Waals surface area contributed by atoms with Crippen molar-refractivity contribution in [3.05, 3.63) is 47.5 Å². The summed E-state index contributed by atoms with van der Waals surface area (Å²) in [5.74, 6) is 0.128. The first kappa shape index (κ1) is 22.6. The molecule has 2 aliphatic heterocycles. The third kappa shape index (κ3) is 5.55.